The number of aryl methyl sites for hydroxylation is 1. The van der Waals surface area contributed by atoms with Crippen LogP contribution in [0.5, 0.6) is 0 Å². The molecule has 4 heteroatoms. The quantitative estimate of drug-likeness (QED) is 0.908. The lowest BCUT2D eigenvalue weighted by Crippen LogP contribution is -2.31. The number of hydrogen-bond donors (Lipinski definition) is 1. The molecule has 1 N–H and O–H groups in total. The zero-order valence-electron chi connectivity index (χ0n) is 11.8. The van der Waals surface area contributed by atoms with Crippen LogP contribution in [0.1, 0.15) is 25.1 Å². The maximum Gasteiger partial charge on any atom is 0.250 e. The number of nitrogens with one attached hydrogen (secondary N) is 1. The lowest BCUT2D eigenvalue weighted by Gasteiger charge is -2.06. The lowest BCUT2D eigenvalue weighted by molar-refractivity contribution is -0.120. The third-order valence-corrected chi connectivity index (χ3v) is 3.58. The number of carbonyl (C=O) groups excluding carboxylic acids is 1. The average molecular weight is 267 g/mol. The molecular formula is C16H17N3O. The van der Waals surface area contributed by atoms with Gasteiger partial charge in [-0.05, 0) is 30.5 Å². The normalized spacial score (nSPS) is 18.5. The van der Waals surface area contributed by atoms with Gasteiger partial charge < -0.3 is 5.32 Å². The zero-order valence-corrected chi connectivity index (χ0v) is 11.8. The van der Waals surface area contributed by atoms with Gasteiger partial charge in [0.05, 0.1) is 5.52 Å². The molecule has 3 rings (SSSR count). The highest BCUT2D eigenvalue weighted by molar-refractivity contribution is 6.13. The Hall–Kier alpha value is -2.23. The van der Waals surface area contributed by atoms with Crippen molar-refractivity contribution in [3.05, 3.63) is 41.6 Å². The van der Waals surface area contributed by atoms with Crippen LogP contribution < -0.4 is 5.32 Å². The van der Waals surface area contributed by atoms with Gasteiger partial charge in [-0.2, -0.15) is 0 Å². The van der Waals surface area contributed by atoms with E-state index in [2.05, 4.69) is 15.3 Å². The summed E-state index contributed by atoms with van der Waals surface area (Å²) in [5, 5.41) is 3.97. The van der Waals surface area contributed by atoms with E-state index in [1.807, 2.05) is 51.1 Å². The van der Waals surface area contributed by atoms with Crippen molar-refractivity contribution in [1.29, 1.82) is 0 Å². The zero-order chi connectivity index (χ0) is 14.3. The van der Waals surface area contributed by atoms with Crippen LogP contribution in [0.25, 0.3) is 10.9 Å². The van der Waals surface area contributed by atoms with E-state index in [9.17, 15) is 4.79 Å². The lowest BCUT2D eigenvalue weighted by atomic mass is 10.1. The second-order valence-electron chi connectivity index (χ2n) is 5.50. The van der Waals surface area contributed by atoms with Gasteiger partial charge in [0.1, 0.15) is 11.7 Å². The molecule has 1 aromatic carbocycles. The monoisotopic (exact) mass is 267 g/mol. The minimum atomic E-state index is -0.307. The van der Waals surface area contributed by atoms with Gasteiger partial charge in [-0.1, -0.05) is 32.0 Å². The van der Waals surface area contributed by atoms with Gasteiger partial charge in [0, 0.05) is 5.39 Å². The largest absolute Gasteiger partial charge is 0.307 e. The summed E-state index contributed by atoms with van der Waals surface area (Å²) in [6.45, 7) is 6.04. The first-order valence-corrected chi connectivity index (χ1v) is 6.81. The molecule has 0 saturated carbocycles. The Bertz CT molecular complexity index is 719. The Morgan fingerprint density at radius 3 is 2.70 bits per heavy atom. The van der Waals surface area contributed by atoms with E-state index in [1.165, 1.54) is 0 Å². The van der Waals surface area contributed by atoms with Crippen molar-refractivity contribution in [3.8, 4) is 0 Å². The SMILES string of the molecule is Cc1cc(C2=NC(C(C)C)C(=O)N2)nc2ccccc12. The number of rotatable bonds is 2. The minimum Gasteiger partial charge on any atom is -0.307 e. The van der Waals surface area contributed by atoms with Crippen LogP contribution in [0.4, 0.5) is 0 Å². The second kappa shape index (κ2) is 4.71. The van der Waals surface area contributed by atoms with E-state index in [4.69, 9.17) is 0 Å². The number of fused-ring (bicyclic) bond motifs is 1. The first-order valence-electron chi connectivity index (χ1n) is 6.81. The molecule has 0 spiro atoms. The van der Waals surface area contributed by atoms with Gasteiger partial charge in [0.25, 0.3) is 5.91 Å². The van der Waals surface area contributed by atoms with Crippen LogP contribution >= 0.6 is 0 Å². The minimum absolute atomic E-state index is 0.0392. The van der Waals surface area contributed by atoms with Gasteiger partial charge in [0.2, 0.25) is 0 Å². The first kappa shape index (κ1) is 12.8. The summed E-state index contributed by atoms with van der Waals surface area (Å²) >= 11 is 0. The molecule has 1 atom stereocenters. The number of aliphatic imine (C=N–C) groups is 1. The molecule has 20 heavy (non-hydrogen) atoms. The Kier molecular flexibility index (Phi) is 3.01. The fraction of sp³-hybridized carbons (Fsp3) is 0.312. The number of pyridine rings is 1. The highest BCUT2D eigenvalue weighted by Gasteiger charge is 2.30. The molecular weight excluding hydrogens is 250 g/mol. The van der Waals surface area contributed by atoms with E-state index in [0.717, 1.165) is 22.2 Å². The maximum atomic E-state index is 11.9. The number of carbonyl (C=O) groups is 1. The molecule has 102 valence electrons. The van der Waals surface area contributed by atoms with Crippen LogP contribution in [-0.4, -0.2) is 22.8 Å². The summed E-state index contributed by atoms with van der Waals surface area (Å²) in [5.41, 5.74) is 2.79. The molecule has 1 aromatic heterocycles. The van der Waals surface area contributed by atoms with Crippen LogP contribution in [0.15, 0.2) is 35.3 Å². The second-order valence-corrected chi connectivity index (χ2v) is 5.50. The van der Waals surface area contributed by atoms with E-state index in [-0.39, 0.29) is 17.9 Å². The number of para-hydroxylation sites is 1. The molecule has 4 nitrogen and oxygen atoms in total. The third-order valence-electron chi connectivity index (χ3n) is 3.58. The fourth-order valence-electron chi connectivity index (χ4n) is 2.47. The fourth-order valence-corrected chi connectivity index (χ4v) is 2.47. The first-order chi connectivity index (χ1) is 9.56. The Labute approximate surface area is 117 Å². The Morgan fingerprint density at radius 1 is 1.25 bits per heavy atom. The molecule has 0 bridgehead atoms. The maximum absolute atomic E-state index is 11.9. The van der Waals surface area contributed by atoms with Crippen molar-refractivity contribution in [2.24, 2.45) is 10.9 Å². The summed E-state index contributed by atoms with van der Waals surface area (Å²) in [5.74, 6) is 0.735. The molecule has 0 fully saturated rings. The predicted molar refractivity (Wildman–Crippen MR) is 79.8 cm³/mol. The van der Waals surface area contributed by atoms with Gasteiger partial charge >= 0.3 is 0 Å². The standard InChI is InChI=1S/C16H17N3O/c1-9(2)14-16(20)19-15(18-14)13-8-10(3)11-6-4-5-7-12(11)17-13/h4-9,14H,1-3H3,(H,18,19,20). The molecule has 2 aromatic rings. The van der Waals surface area contributed by atoms with Crippen molar-refractivity contribution < 1.29 is 4.79 Å². The summed E-state index contributed by atoms with van der Waals surface area (Å²) in [7, 11) is 0. The third kappa shape index (κ3) is 2.07. The van der Waals surface area contributed by atoms with Crippen LogP contribution in [-0.2, 0) is 4.79 Å². The molecule has 1 aliphatic heterocycles. The van der Waals surface area contributed by atoms with Gasteiger partial charge in [-0.15, -0.1) is 0 Å². The summed E-state index contributed by atoms with van der Waals surface area (Å²) in [4.78, 5) is 21.0. The molecule has 2 heterocycles. The van der Waals surface area contributed by atoms with E-state index in [0.29, 0.717) is 5.84 Å². The molecule has 0 radical (unpaired) electrons. The number of aromatic nitrogens is 1. The topological polar surface area (TPSA) is 54.4 Å². The predicted octanol–water partition coefficient (Wildman–Crippen LogP) is 2.44. The van der Waals surface area contributed by atoms with Crippen molar-refractivity contribution in [1.82, 2.24) is 10.3 Å². The summed E-state index contributed by atoms with van der Waals surface area (Å²) in [6, 6.07) is 9.66. The molecule has 0 saturated heterocycles. The van der Waals surface area contributed by atoms with Crippen molar-refractivity contribution in [3.63, 3.8) is 0 Å². The molecule has 1 amide bonds. The smallest absolute Gasteiger partial charge is 0.250 e. The Balaban J connectivity index is 2.07. The highest BCUT2D eigenvalue weighted by Crippen LogP contribution is 2.20. The summed E-state index contributed by atoms with van der Waals surface area (Å²) in [6.07, 6.45) is 0. The van der Waals surface area contributed by atoms with E-state index < -0.39 is 0 Å². The van der Waals surface area contributed by atoms with Crippen LogP contribution in [0, 0.1) is 12.8 Å². The van der Waals surface area contributed by atoms with E-state index in [1.54, 1.807) is 0 Å². The average Bonchev–Trinajstić information content (AvgIpc) is 2.81. The van der Waals surface area contributed by atoms with E-state index >= 15 is 0 Å². The number of benzene rings is 1. The molecule has 1 aliphatic rings. The van der Waals surface area contributed by atoms with Crippen LogP contribution in [0.3, 0.4) is 0 Å². The van der Waals surface area contributed by atoms with Crippen LogP contribution in [0.2, 0.25) is 0 Å². The number of nitrogens with zero attached hydrogens (tertiary/aromatic N) is 2. The van der Waals surface area contributed by atoms with Gasteiger partial charge in [-0.25, -0.2) is 4.98 Å². The van der Waals surface area contributed by atoms with Crippen molar-refractivity contribution >= 4 is 22.6 Å². The molecule has 1 unspecified atom stereocenters. The number of amides is 1. The number of amidine groups is 1. The van der Waals surface area contributed by atoms with Gasteiger partial charge in [0.15, 0.2) is 5.84 Å². The van der Waals surface area contributed by atoms with Gasteiger partial charge in [-0.3, -0.25) is 9.79 Å². The van der Waals surface area contributed by atoms with Crippen molar-refractivity contribution in [2.45, 2.75) is 26.8 Å². The number of hydrogen-bond acceptors (Lipinski definition) is 3. The highest BCUT2D eigenvalue weighted by atomic mass is 16.2. The van der Waals surface area contributed by atoms with Crippen molar-refractivity contribution in [2.75, 3.05) is 0 Å². The Morgan fingerprint density at radius 2 is 2.00 bits per heavy atom. The molecule has 0 aliphatic carbocycles. The summed E-state index contributed by atoms with van der Waals surface area (Å²) < 4.78 is 0.